The Morgan fingerprint density at radius 2 is 1.85 bits per heavy atom. The molecule has 2 aromatic carbocycles. The Bertz CT molecular complexity index is 1170. The van der Waals surface area contributed by atoms with Crippen LogP contribution in [-0.2, 0) is 9.53 Å². The fraction of sp³-hybridized carbons (Fsp3) is 0.385. The minimum atomic E-state index is -0.291. The predicted octanol–water partition coefficient (Wildman–Crippen LogP) is 6.18. The minimum absolute atomic E-state index is 0.00700. The molecule has 0 saturated carbocycles. The number of carbonyl (C=O) groups excluding carboxylic acids is 2. The van der Waals surface area contributed by atoms with Crippen molar-refractivity contribution in [2.45, 2.75) is 39.2 Å². The highest BCUT2D eigenvalue weighted by Crippen LogP contribution is 2.39. The Balaban J connectivity index is 1.63. The molecule has 1 fully saturated rings. The van der Waals surface area contributed by atoms with Crippen molar-refractivity contribution in [1.29, 1.82) is 0 Å². The fourth-order valence-corrected chi connectivity index (χ4v) is 5.44. The van der Waals surface area contributed by atoms with Crippen molar-refractivity contribution in [1.82, 2.24) is 4.90 Å². The van der Waals surface area contributed by atoms with Gasteiger partial charge in [-0.1, -0.05) is 23.7 Å². The highest BCUT2D eigenvalue weighted by Gasteiger charge is 2.42. The summed E-state index contributed by atoms with van der Waals surface area (Å²) in [4.78, 5) is 28.5. The molecule has 3 aromatic rings. The maximum atomic E-state index is 13.4. The topological polar surface area (TPSA) is 58.6 Å². The second-order valence-electron chi connectivity index (χ2n) is 9.41. The van der Waals surface area contributed by atoms with E-state index in [4.69, 9.17) is 16.3 Å². The first kappa shape index (κ1) is 23.7. The van der Waals surface area contributed by atoms with E-state index in [9.17, 15) is 9.59 Å². The van der Waals surface area contributed by atoms with Gasteiger partial charge in [0.25, 0.3) is 0 Å². The smallest absolute Gasteiger partial charge is 0.348 e. The van der Waals surface area contributed by atoms with Crippen LogP contribution in [0.3, 0.4) is 0 Å². The summed E-state index contributed by atoms with van der Waals surface area (Å²) in [5.74, 6) is -0.427. The number of hydrogen-bond acceptors (Lipinski definition) is 5. The van der Waals surface area contributed by atoms with E-state index in [1.807, 2.05) is 24.3 Å². The molecule has 1 aromatic heterocycles. The van der Waals surface area contributed by atoms with Crippen LogP contribution in [0.25, 0.3) is 10.1 Å². The summed E-state index contributed by atoms with van der Waals surface area (Å²) < 4.78 is 6.18. The van der Waals surface area contributed by atoms with E-state index in [0.29, 0.717) is 23.1 Å². The fourth-order valence-electron chi connectivity index (χ4n) is 4.30. The summed E-state index contributed by atoms with van der Waals surface area (Å²) in [6, 6.07) is 15.3. The molecule has 0 aliphatic carbocycles. The molecule has 174 valence electrons. The number of likely N-dealkylation sites (tertiary alicyclic amines) is 1. The van der Waals surface area contributed by atoms with E-state index in [0.717, 1.165) is 27.9 Å². The Morgan fingerprint density at radius 1 is 1.12 bits per heavy atom. The highest BCUT2D eigenvalue weighted by molar-refractivity contribution is 7.20. The van der Waals surface area contributed by atoms with E-state index >= 15 is 0 Å². The number of amides is 1. The molecule has 1 saturated heterocycles. The molecule has 1 N–H and O–H groups in total. The first-order valence-corrected chi connectivity index (χ1v) is 12.4. The maximum absolute atomic E-state index is 13.4. The summed E-state index contributed by atoms with van der Waals surface area (Å²) in [5, 5.41) is 4.72. The Labute approximate surface area is 203 Å². The van der Waals surface area contributed by atoms with Crippen molar-refractivity contribution >= 4 is 50.6 Å². The number of fused-ring (bicyclic) bond motifs is 1. The Hall–Kier alpha value is -2.41. The minimum Gasteiger partial charge on any atom is -0.462 e. The molecule has 2 heterocycles. The van der Waals surface area contributed by atoms with Gasteiger partial charge >= 0.3 is 5.97 Å². The van der Waals surface area contributed by atoms with Gasteiger partial charge in [-0.2, -0.15) is 0 Å². The number of ether oxygens (including phenoxy) is 1. The number of benzene rings is 2. The van der Waals surface area contributed by atoms with Crippen LogP contribution in [0.1, 0.15) is 48.8 Å². The third kappa shape index (κ3) is 5.24. The number of thiophene rings is 1. The quantitative estimate of drug-likeness (QED) is 0.439. The normalized spacial score (nSPS) is 19.1. The van der Waals surface area contributed by atoms with E-state index in [2.05, 4.69) is 43.1 Å². The van der Waals surface area contributed by atoms with Gasteiger partial charge in [-0.15, -0.1) is 11.3 Å². The van der Waals surface area contributed by atoms with Gasteiger partial charge in [0.15, 0.2) is 0 Å². The van der Waals surface area contributed by atoms with Gasteiger partial charge < -0.3 is 10.1 Å². The van der Waals surface area contributed by atoms with Crippen LogP contribution < -0.4 is 5.32 Å². The lowest BCUT2D eigenvalue weighted by molar-refractivity contribution is -0.120. The average Bonchev–Trinajstić information content (AvgIpc) is 3.39. The van der Waals surface area contributed by atoms with Gasteiger partial charge in [-0.05, 0) is 75.0 Å². The SMILES string of the molecule is CCOC(=O)c1cc2ccc(C3CN(C(C)(C)C)CC3C(=O)Nc3ccc(Cl)cc3)cc2s1. The van der Waals surface area contributed by atoms with E-state index < -0.39 is 0 Å². The van der Waals surface area contributed by atoms with Crippen LogP contribution >= 0.6 is 22.9 Å². The largest absolute Gasteiger partial charge is 0.462 e. The number of anilines is 1. The Kier molecular flexibility index (Phi) is 6.80. The molecule has 1 aliphatic rings. The van der Waals surface area contributed by atoms with Crippen molar-refractivity contribution in [2.75, 3.05) is 25.0 Å². The Morgan fingerprint density at radius 3 is 2.52 bits per heavy atom. The monoisotopic (exact) mass is 484 g/mol. The third-order valence-electron chi connectivity index (χ3n) is 6.17. The van der Waals surface area contributed by atoms with Crippen molar-refractivity contribution in [2.24, 2.45) is 5.92 Å². The van der Waals surface area contributed by atoms with Crippen molar-refractivity contribution in [3.05, 3.63) is 64.0 Å². The van der Waals surface area contributed by atoms with Crippen molar-refractivity contribution in [3.63, 3.8) is 0 Å². The molecular formula is C26H29ClN2O3S. The van der Waals surface area contributed by atoms with Gasteiger partial charge in [0.2, 0.25) is 5.91 Å². The van der Waals surface area contributed by atoms with E-state index in [-0.39, 0.29) is 29.3 Å². The van der Waals surface area contributed by atoms with Crippen LogP contribution in [0.5, 0.6) is 0 Å². The number of rotatable bonds is 5. The summed E-state index contributed by atoms with van der Waals surface area (Å²) in [5.41, 5.74) is 1.81. The maximum Gasteiger partial charge on any atom is 0.348 e. The average molecular weight is 485 g/mol. The van der Waals surface area contributed by atoms with E-state index in [1.165, 1.54) is 11.3 Å². The van der Waals surface area contributed by atoms with Crippen molar-refractivity contribution < 1.29 is 14.3 Å². The molecule has 0 radical (unpaired) electrons. The van der Waals surface area contributed by atoms with Gasteiger partial charge in [-0.25, -0.2) is 4.79 Å². The molecule has 4 rings (SSSR count). The van der Waals surface area contributed by atoms with Gasteiger partial charge in [0.1, 0.15) is 4.88 Å². The summed E-state index contributed by atoms with van der Waals surface area (Å²) in [7, 11) is 0. The number of carbonyl (C=O) groups is 2. The summed E-state index contributed by atoms with van der Waals surface area (Å²) in [6.45, 7) is 10.2. The first-order chi connectivity index (χ1) is 15.7. The van der Waals surface area contributed by atoms with Crippen molar-refractivity contribution in [3.8, 4) is 0 Å². The molecule has 1 amide bonds. The van der Waals surface area contributed by atoms with Crippen LogP contribution in [-0.4, -0.2) is 42.0 Å². The summed E-state index contributed by atoms with van der Waals surface area (Å²) in [6.07, 6.45) is 0. The highest BCUT2D eigenvalue weighted by atomic mass is 35.5. The van der Waals surface area contributed by atoms with Gasteiger partial charge in [0.05, 0.1) is 12.5 Å². The second-order valence-corrected chi connectivity index (χ2v) is 10.9. The lowest BCUT2D eigenvalue weighted by Gasteiger charge is -2.31. The lowest BCUT2D eigenvalue weighted by atomic mass is 9.88. The number of halogens is 1. The second kappa shape index (κ2) is 9.45. The zero-order chi connectivity index (χ0) is 23.8. The molecular weight excluding hydrogens is 456 g/mol. The first-order valence-electron chi connectivity index (χ1n) is 11.2. The van der Waals surface area contributed by atoms with Gasteiger partial charge in [-0.3, -0.25) is 9.69 Å². The molecule has 2 unspecified atom stereocenters. The lowest BCUT2D eigenvalue weighted by Crippen LogP contribution is -2.40. The summed E-state index contributed by atoms with van der Waals surface area (Å²) >= 11 is 7.42. The van der Waals surface area contributed by atoms with Crippen LogP contribution in [0.4, 0.5) is 5.69 Å². The van der Waals surface area contributed by atoms with Gasteiger partial charge in [0, 0.05) is 40.0 Å². The third-order valence-corrected chi connectivity index (χ3v) is 7.50. The number of nitrogens with zero attached hydrogens (tertiary/aromatic N) is 1. The molecule has 7 heteroatoms. The van der Waals surface area contributed by atoms with Crippen LogP contribution in [0, 0.1) is 5.92 Å². The molecule has 5 nitrogen and oxygen atoms in total. The van der Waals surface area contributed by atoms with Crippen LogP contribution in [0.15, 0.2) is 48.5 Å². The molecule has 33 heavy (non-hydrogen) atoms. The molecule has 2 atom stereocenters. The van der Waals surface area contributed by atoms with Crippen LogP contribution in [0.2, 0.25) is 5.02 Å². The zero-order valence-electron chi connectivity index (χ0n) is 19.4. The molecule has 0 bridgehead atoms. The number of esters is 1. The molecule has 1 aliphatic heterocycles. The number of nitrogens with one attached hydrogen (secondary N) is 1. The number of hydrogen-bond donors (Lipinski definition) is 1. The zero-order valence-corrected chi connectivity index (χ0v) is 20.9. The molecule has 0 spiro atoms. The van der Waals surface area contributed by atoms with E-state index in [1.54, 1.807) is 19.1 Å². The predicted molar refractivity (Wildman–Crippen MR) is 135 cm³/mol. The standard InChI is InChI=1S/C26H29ClN2O3S/c1-5-32-25(31)23-13-17-7-6-16(12-22(17)33-23)20-14-29(26(2,3)4)15-21(20)24(30)28-19-10-8-18(27)9-11-19/h6-13,20-21H,5,14-15H2,1-4H3,(H,28,30).